The summed E-state index contributed by atoms with van der Waals surface area (Å²) in [7, 11) is 4.05. The molecule has 0 amide bonds. The molecule has 96 valence electrons. The number of ether oxygens (including phenoxy) is 1. The normalized spacial score (nSPS) is 14.8. The Balaban J connectivity index is 2.76. The molecule has 0 spiro atoms. The van der Waals surface area contributed by atoms with Crippen LogP contribution >= 0.6 is 0 Å². The van der Waals surface area contributed by atoms with Crippen LogP contribution in [0.15, 0.2) is 18.2 Å². The van der Waals surface area contributed by atoms with Crippen molar-refractivity contribution in [2.45, 2.75) is 26.3 Å². The maximum Gasteiger partial charge on any atom is 0.122 e. The van der Waals surface area contributed by atoms with E-state index in [2.05, 4.69) is 31.7 Å². The van der Waals surface area contributed by atoms with Gasteiger partial charge in [0.25, 0.3) is 0 Å². The minimum Gasteiger partial charge on any atom is -0.491 e. The Kier molecular flexibility index (Phi) is 4.54. The van der Waals surface area contributed by atoms with Crippen LogP contribution in [0.2, 0.25) is 0 Å². The molecule has 0 radical (unpaired) electrons. The van der Waals surface area contributed by atoms with Crippen molar-refractivity contribution in [3.8, 4) is 5.75 Å². The SMILES string of the molecule is Cc1cccc(OCC(C)(CN)N(C)C)c1C. The van der Waals surface area contributed by atoms with Crippen molar-refractivity contribution >= 4 is 0 Å². The van der Waals surface area contributed by atoms with Gasteiger partial charge < -0.3 is 10.5 Å². The molecule has 0 aromatic heterocycles. The number of aryl methyl sites for hydroxylation is 1. The average Bonchev–Trinajstić information content (AvgIpc) is 2.30. The highest BCUT2D eigenvalue weighted by molar-refractivity contribution is 5.38. The van der Waals surface area contributed by atoms with Gasteiger partial charge in [-0.25, -0.2) is 0 Å². The van der Waals surface area contributed by atoms with Gasteiger partial charge in [-0.05, 0) is 52.1 Å². The Morgan fingerprint density at radius 2 is 1.94 bits per heavy atom. The maximum atomic E-state index is 5.91. The van der Waals surface area contributed by atoms with Crippen LogP contribution in [0, 0.1) is 13.8 Å². The fraction of sp³-hybridized carbons (Fsp3) is 0.571. The van der Waals surface area contributed by atoms with Crippen LogP contribution in [0.25, 0.3) is 0 Å². The van der Waals surface area contributed by atoms with E-state index in [-0.39, 0.29) is 5.54 Å². The topological polar surface area (TPSA) is 38.5 Å². The summed E-state index contributed by atoms with van der Waals surface area (Å²) in [6.45, 7) is 7.46. The van der Waals surface area contributed by atoms with Gasteiger partial charge in [-0.2, -0.15) is 0 Å². The zero-order chi connectivity index (χ0) is 13.1. The number of nitrogens with zero attached hydrogens (tertiary/aromatic N) is 1. The van der Waals surface area contributed by atoms with Gasteiger partial charge in [-0.1, -0.05) is 12.1 Å². The number of likely N-dealkylation sites (N-methyl/N-ethyl adjacent to an activating group) is 1. The highest BCUT2D eigenvalue weighted by Crippen LogP contribution is 2.22. The summed E-state index contributed by atoms with van der Waals surface area (Å²) in [5.41, 5.74) is 8.14. The van der Waals surface area contributed by atoms with Crippen molar-refractivity contribution in [1.82, 2.24) is 4.90 Å². The number of nitrogens with two attached hydrogens (primary N) is 1. The standard InChI is InChI=1S/C14H24N2O/c1-11-7-6-8-13(12(11)2)17-10-14(3,9-15)16(4)5/h6-8H,9-10,15H2,1-5H3. The molecule has 2 N–H and O–H groups in total. The van der Waals surface area contributed by atoms with Crippen LogP contribution in [-0.4, -0.2) is 37.7 Å². The van der Waals surface area contributed by atoms with E-state index >= 15 is 0 Å². The minimum atomic E-state index is -0.129. The lowest BCUT2D eigenvalue weighted by molar-refractivity contribution is 0.104. The van der Waals surface area contributed by atoms with E-state index in [9.17, 15) is 0 Å². The largest absolute Gasteiger partial charge is 0.491 e. The van der Waals surface area contributed by atoms with Crippen LogP contribution < -0.4 is 10.5 Å². The van der Waals surface area contributed by atoms with Gasteiger partial charge in [-0.15, -0.1) is 0 Å². The van der Waals surface area contributed by atoms with Gasteiger partial charge in [0.05, 0.1) is 5.54 Å². The number of hydrogen-bond acceptors (Lipinski definition) is 3. The van der Waals surface area contributed by atoms with Crippen LogP contribution in [0.5, 0.6) is 5.75 Å². The van der Waals surface area contributed by atoms with Crippen molar-refractivity contribution in [2.24, 2.45) is 5.73 Å². The predicted molar refractivity (Wildman–Crippen MR) is 72.6 cm³/mol. The third-order valence-electron chi connectivity index (χ3n) is 3.61. The van der Waals surface area contributed by atoms with E-state index in [1.165, 1.54) is 11.1 Å². The molecule has 17 heavy (non-hydrogen) atoms. The summed E-state index contributed by atoms with van der Waals surface area (Å²) >= 11 is 0. The first-order chi connectivity index (χ1) is 7.90. The molecular formula is C14H24N2O. The van der Waals surface area contributed by atoms with E-state index in [0.717, 1.165) is 5.75 Å². The molecule has 3 nitrogen and oxygen atoms in total. The monoisotopic (exact) mass is 236 g/mol. The minimum absolute atomic E-state index is 0.129. The molecule has 0 aliphatic heterocycles. The molecule has 1 aromatic rings. The van der Waals surface area contributed by atoms with Gasteiger partial charge in [0.15, 0.2) is 0 Å². The molecule has 0 aliphatic carbocycles. The van der Waals surface area contributed by atoms with Gasteiger partial charge >= 0.3 is 0 Å². The van der Waals surface area contributed by atoms with Crippen LogP contribution in [0.4, 0.5) is 0 Å². The second-order valence-electron chi connectivity index (χ2n) is 5.08. The van der Waals surface area contributed by atoms with E-state index in [4.69, 9.17) is 10.5 Å². The van der Waals surface area contributed by atoms with Crippen LogP contribution in [0.3, 0.4) is 0 Å². The fourth-order valence-electron chi connectivity index (χ4n) is 1.48. The zero-order valence-corrected chi connectivity index (χ0v) is 11.6. The zero-order valence-electron chi connectivity index (χ0n) is 11.6. The van der Waals surface area contributed by atoms with Crippen molar-refractivity contribution in [3.63, 3.8) is 0 Å². The molecule has 3 heteroatoms. The van der Waals surface area contributed by atoms with Crippen molar-refractivity contribution in [1.29, 1.82) is 0 Å². The smallest absolute Gasteiger partial charge is 0.122 e. The molecule has 0 aliphatic rings. The van der Waals surface area contributed by atoms with E-state index in [0.29, 0.717) is 13.2 Å². The molecule has 0 fully saturated rings. The van der Waals surface area contributed by atoms with Gasteiger partial charge in [-0.3, -0.25) is 4.90 Å². The van der Waals surface area contributed by atoms with Gasteiger partial charge in [0.2, 0.25) is 0 Å². The second kappa shape index (κ2) is 5.52. The number of rotatable bonds is 5. The summed E-state index contributed by atoms with van der Waals surface area (Å²) in [5, 5.41) is 0. The molecule has 1 aromatic carbocycles. The Bertz CT molecular complexity index is 376. The lowest BCUT2D eigenvalue weighted by Crippen LogP contribution is -2.52. The molecule has 0 heterocycles. The summed E-state index contributed by atoms with van der Waals surface area (Å²) in [6, 6.07) is 6.12. The summed E-state index contributed by atoms with van der Waals surface area (Å²) in [4.78, 5) is 2.11. The highest BCUT2D eigenvalue weighted by atomic mass is 16.5. The maximum absolute atomic E-state index is 5.91. The van der Waals surface area contributed by atoms with Crippen molar-refractivity contribution < 1.29 is 4.74 Å². The summed E-state index contributed by atoms with van der Waals surface area (Å²) < 4.78 is 5.91. The Morgan fingerprint density at radius 3 is 2.47 bits per heavy atom. The summed E-state index contributed by atoms with van der Waals surface area (Å²) in [6.07, 6.45) is 0. The van der Waals surface area contributed by atoms with Crippen molar-refractivity contribution in [3.05, 3.63) is 29.3 Å². The first-order valence-electron chi connectivity index (χ1n) is 5.97. The van der Waals surface area contributed by atoms with E-state index in [1.807, 2.05) is 26.2 Å². The molecule has 1 atom stereocenters. The molecule has 1 unspecified atom stereocenters. The number of benzene rings is 1. The lowest BCUT2D eigenvalue weighted by Gasteiger charge is -2.35. The molecule has 0 saturated heterocycles. The Hall–Kier alpha value is -1.06. The summed E-state index contributed by atoms with van der Waals surface area (Å²) in [5.74, 6) is 0.950. The highest BCUT2D eigenvalue weighted by Gasteiger charge is 2.26. The van der Waals surface area contributed by atoms with Gasteiger partial charge in [0, 0.05) is 6.54 Å². The predicted octanol–water partition coefficient (Wildman–Crippen LogP) is 1.96. The van der Waals surface area contributed by atoms with E-state index in [1.54, 1.807) is 0 Å². The van der Waals surface area contributed by atoms with Crippen LogP contribution in [-0.2, 0) is 0 Å². The second-order valence-corrected chi connectivity index (χ2v) is 5.08. The molecule has 0 saturated carbocycles. The quantitative estimate of drug-likeness (QED) is 0.849. The third-order valence-corrected chi connectivity index (χ3v) is 3.61. The third kappa shape index (κ3) is 3.20. The van der Waals surface area contributed by atoms with E-state index < -0.39 is 0 Å². The van der Waals surface area contributed by atoms with Gasteiger partial charge in [0.1, 0.15) is 12.4 Å². The van der Waals surface area contributed by atoms with Crippen molar-refractivity contribution in [2.75, 3.05) is 27.2 Å². The number of hydrogen-bond donors (Lipinski definition) is 1. The first kappa shape index (κ1) is 14.0. The average molecular weight is 236 g/mol. The first-order valence-corrected chi connectivity index (χ1v) is 5.97. The molecule has 0 bridgehead atoms. The lowest BCUT2D eigenvalue weighted by atomic mass is 10.0. The molecular weight excluding hydrogens is 212 g/mol. The van der Waals surface area contributed by atoms with Crippen LogP contribution in [0.1, 0.15) is 18.1 Å². The Labute approximate surface area is 105 Å². The molecule has 1 rings (SSSR count). The fourth-order valence-corrected chi connectivity index (χ4v) is 1.48. The Morgan fingerprint density at radius 1 is 1.29 bits per heavy atom.